The maximum atomic E-state index is 11.7. The highest BCUT2D eigenvalue weighted by atomic mass is 16.4. The monoisotopic (exact) mass is 279 g/mol. The van der Waals surface area contributed by atoms with Crippen LogP contribution >= 0.6 is 0 Å². The van der Waals surface area contributed by atoms with E-state index in [9.17, 15) is 9.59 Å². The normalized spacial score (nSPS) is 12.8. The van der Waals surface area contributed by atoms with Gasteiger partial charge in [0.2, 0.25) is 5.91 Å². The van der Waals surface area contributed by atoms with Crippen LogP contribution < -0.4 is 11.1 Å². The largest absolute Gasteiger partial charge is 0.477 e. The van der Waals surface area contributed by atoms with Crippen molar-refractivity contribution < 1.29 is 14.7 Å². The lowest BCUT2D eigenvalue weighted by atomic mass is 9.85. The molecule has 110 valence electrons. The number of pyridine rings is 1. The molecule has 0 bridgehead atoms. The molecule has 20 heavy (non-hydrogen) atoms. The molecule has 1 rings (SSSR count). The average Bonchev–Trinajstić information content (AvgIpc) is 2.35. The first-order valence-corrected chi connectivity index (χ1v) is 6.40. The molecule has 0 spiro atoms. The summed E-state index contributed by atoms with van der Waals surface area (Å²) in [6, 6.07) is 2.82. The summed E-state index contributed by atoms with van der Waals surface area (Å²) in [5, 5.41) is 11.5. The zero-order valence-electron chi connectivity index (χ0n) is 12.0. The molecule has 6 nitrogen and oxygen atoms in total. The number of aromatic nitrogens is 1. The molecule has 0 saturated heterocycles. The first kappa shape index (κ1) is 16.1. The van der Waals surface area contributed by atoms with E-state index >= 15 is 0 Å². The number of rotatable bonds is 5. The van der Waals surface area contributed by atoms with Crippen LogP contribution in [0.4, 0.5) is 0 Å². The second kappa shape index (κ2) is 6.47. The third-order valence-electron chi connectivity index (χ3n) is 3.05. The molecule has 1 aromatic rings. The van der Waals surface area contributed by atoms with Crippen LogP contribution in [-0.2, 0) is 11.3 Å². The first-order valence-electron chi connectivity index (χ1n) is 6.40. The second-order valence-corrected chi connectivity index (χ2v) is 5.81. The van der Waals surface area contributed by atoms with Crippen molar-refractivity contribution in [2.24, 2.45) is 11.1 Å². The average molecular weight is 279 g/mol. The Morgan fingerprint density at radius 1 is 1.40 bits per heavy atom. The summed E-state index contributed by atoms with van der Waals surface area (Å²) in [5.41, 5.74) is 6.54. The Morgan fingerprint density at radius 3 is 2.50 bits per heavy atom. The van der Waals surface area contributed by atoms with Gasteiger partial charge in [-0.15, -0.1) is 0 Å². The van der Waals surface area contributed by atoms with Gasteiger partial charge in [0.1, 0.15) is 5.69 Å². The molecule has 0 saturated carbocycles. The van der Waals surface area contributed by atoms with Crippen molar-refractivity contribution in [2.75, 3.05) is 0 Å². The summed E-state index contributed by atoms with van der Waals surface area (Å²) in [5.74, 6) is -1.20. The fourth-order valence-electron chi connectivity index (χ4n) is 1.43. The van der Waals surface area contributed by atoms with Crippen LogP contribution in [0.15, 0.2) is 18.3 Å². The van der Waals surface area contributed by atoms with Gasteiger partial charge in [-0.1, -0.05) is 26.8 Å². The van der Waals surface area contributed by atoms with Crippen molar-refractivity contribution in [1.29, 1.82) is 0 Å². The highest BCUT2D eigenvalue weighted by Crippen LogP contribution is 2.19. The number of hydrogen-bond acceptors (Lipinski definition) is 4. The maximum absolute atomic E-state index is 11.7. The maximum Gasteiger partial charge on any atom is 0.354 e. The van der Waals surface area contributed by atoms with Crippen molar-refractivity contribution in [3.8, 4) is 0 Å². The predicted molar refractivity (Wildman–Crippen MR) is 75.1 cm³/mol. The molecule has 4 N–H and O–H groups in total. The molecule has 1 atom stereocenters. The van der Waals surface area contributed by atoms with E-state index in [0.717, 1.165) is 5.56 Å². The third-order valence-corrected chi connectivity index (χ3v) is 3.05. The van der Waals surface area contributed by atoms with E-state index in [1.807, 2.05) is 20.8 Å². The number of aromatic carboxylic acids is 1. The molecule has 0 aliphatic rings. The smallest absolute Gasteiger partial charge is 0.354 e. The van der Waals surface area contributed by atoms with E-state index in [2.05, 4.69) is 10.3 Å². The van der Waals surface area contributed by atoms with E-state index in [4.69, 9.17) is 10.8 Å². The molecule has 1 aromatic heterocycles. The van der Waals surface area contributed by atoms with Crippen molar-refractivity contribution in [3.05, 3.63) is 29.6 Å². The minimum absolute atomic E-state index is 0.0187. The van der Waals surface area contributed by atoms with Crippen LogP contribution in [0.3, 0.4) is 0 Å². The van der Waals surface area contributed by atoms with Crippen LogP contribution in [0.25, 0.3) is 0 Å². The van der Waals surface area contributed by atoms with Gasteiger partial charge in [0.25, 0.3) is 0 Å². The molecule has 1 amide bonds. The molecular formula is C14H21N3O3. The van der Waals surface area contributed by atoms with Crippen LogP contribution in [0.2, 0.25) is 0 Å². The topological polar surface area (TPSA) is 105 Å². The fraction of sp³-hybridized carbons (Fsp3) is 0.500. The molecular weight excluding hydrogens is 258 g/mol. The van der Waals surface area contributed by atoms with Crippen LogP contribution in [0, 0.1) is 5.41 Å². The van der Waals surface area contributed by atoms with Gasteiger partial charge < -0.3 is 16.2 Å². The van der Waals surface area contributed by atoms with Gasteiger partial charge >= 0.3 is 5.97 Å². The highest BCUT2D eigenvalue weighted by Gasteiger charge is 2.22. The van der Waals surface area contributed by atoms with Crippen molar-refractivity contribution in [2.45, 2.75) is 39.8 Å². The van der Waals surface area contributed by atoms with Crippen LogP contribution in [0.1, 0.15) is 43.2 Å². The van der Waals surface area contributed by atoms with Crippen molar-refractivity contribution in [1.82, 2.24) is 10.3 Å². The molecule has 0 aromatic carbocycles. The third kappa shape index (κ3) is 4.97. The van der Waals surface area contributed by atoms with Gasteiger partial charge in [-0.3, -0.25) is 4.79 Å². The highest BCUT2D eigenvalue weighted by molar-refractivity contribution is 5.85. The van der Waals surface area contributed by atoms with E-state index < -0.39 is 5.97 Å². The molecule has 0 aliphatic heterocycles. The van der Waals surface area contributed by atoms with Gasteiger partial charge in [0.05, 0.1) is 0 Å². The van der Waals surface area contributed by atoms with Crippen LogP contribution in [-0.4, -0.2) is 28.0 Å². The van der Waals surface area contributed by atoms with E-state index in [-0.39, 0.29) is 29.5 Å². The number of carboxylic acid groups (broad SMARTS) is 1. The summed E-state index contributed by atoms with van der Waals surface area (Å²) >= 11 is 0. The zero-order chi connectivity index (χ0) is 15.3. The lowest BCUT2D eigenvalue weighted by Gasteiger charge is -2.26. The number of carboxylic acids is 1. The van der Waals surface area contributed by atoms with Gasteiger partial charge in [-0.05, 0) is 17.0 Å². The number of hydrogen-bond donors (Lipinski definition) is 3. The van der Waals surface area contributed by atoms with E-state index in [1.54, 1.807) is 6.07 Å². The van der Waals surface area contributed by atoms with Gasteiger partial charge in [0, 0.05) is 25.2 Å². The number of carbonyl (C=O) groups is 2. The molecule has 6 heteroatoms. The number of amides is 1. The Labute approximate surface area is 118 Å². The molecule has 0 fully saturated rings. The number of carbonyl (C=O) groups excluding carboxylic acids is 1. The van der Waals surface area contributed by atoms with Gasteiger partial charge in [-0.25, -0.2) is 9.78 Å². The molecule has 0 radical (unpaired) electrons. The fourth-order valence-corrected chi connectivity index (χ4v) is 1.43. The standard InChI is InChI=1S/C14H21N3O3/c1-14(2,3)11(15)6-12(18)17-8-9-4-5-10(13(19)20)16-7-9/h4-5,7,11H,6,8,15H2,1-3H3,(H,17,18)(H,19,20). The Hall–Kier alpha value is -1.95. The molecule has 1 unspecified atom stereocenters. The summed E-state index contributed by atoms with van der Waals surface area (Å²) in [6.07, 6.45) is 1.69. The summed E-state index contributed by atoms with van der Waals surface area (Å²) < 4.78 is 0. The summed E-state index contributed by atoms with van der Waals surface area (Å²) in [7, 11) is 0. The van der Waals surface area contributed by atoms with E-state index in [1.165, 1.54) is 12.3 Å². The zero-order valence-corrected chi connectivity index (χ0v) is 12.0. The van der Waals surface area contributed by atoms with Crippen molar-refractivity contribution >= 4 is 11.9 Å². The predicted octanol–water partition coefficient (Wildman–Crippen LogP) is 1.16. The minimum atomic E-state index is -1.07. The molecule has 0 aliphatic carbocycles. The quantitative estimate of drug-likeness (QED) is 0.750. The number of nitrogens with one attached hydrogen (secondary N) is 1. The Kier molecular flexibility index (Phi) is 5.21. The van der Waals surface area contributed by atoms with Crippen LogP contribution in [0.5, 0.6) is 0 Å². The number of nitrogens with zero attached hydrogens (tertiary/aromatic N) is 1. The van der Waals surface area contributed by atoms with Gasteiger partial charge in [-0.2, -0.15) is 0 Å². The van der Waals surface area contributed by atoms with Gasteiger partial charge in [0.15, 0.2) is 0 Å². The summed E-state index contributed by atoms with van der Waals surface area (Å²) in [6.45, 7) is 6.26. The van der Waals surface area contributed by atoms with E-state index in [0.29, 0.717) is 6.54 Å². The second-order valence-electron chi connectivity index (χ2n) is 5.81. The van der Waals surface area contributed by atoms with Crippen molar-refractivity contribution in [3.63, 3.8) is 0 Å². The summed E-state index contributed by atoms with van der Waals surface area (Å²) in [4.78, 5) is 26.2. The Balaban J connectivity index is 2.47. The first-order chi connectivity index (χ1) is 9.20. The Morgan fingerprint density at radius 2 is 2.05 bits per heavy atom. The number of nitrogens with two attached hydrogens (primary N) is 1. The minimum Gasteiger partial charge on any atom is -0.477 e. The Bertz CT molecular complexity index is 477. The molecule has 1 heterocycles. The lowest BCUT2D eigenvalue weighted by Crippen LogP contribution is -2.40. The lowest BCUT2D eigenvalue weighted by molar-refractivity contribution is -0.122. The SMILES string of the molecule is CC(C)(C)C(N)CC(=O)NCc1ccc(C(=O)O)nc1.